The fourth-order valence-electron chi connectivity index (χ4n) is 3.58. The van der Waals surface area contributed by atoms with Crippen molar-refractivity contribution in [3.63, 3.8) is 0 Å². The number of methoxy groups -OCH3 is 2. The first-order chi connectivity index (χ1) is 14.4. The molecule has 0 spiro atoms. The second kappa shape index (κ2) is 9.04. The Balaban J connectivity index is 2.05. The minimum Gasteiger partial charge on any atom is -0.503 e. The number of aliphatic hydroxyl groups excluding tert-OH is 1. The van der Waals surface area contributed by atoms with Gasteiger partial charge in [0.15, 0.2) is 23.0 Å². The average molecular weight is 414 g/mol. The molecule has 0 saturated carbocycles. The summed E-state index contributed by atoms with van der Waals surface area (Å²) in [7, 11) is 6.93. The number of ketones is 1. The summed E-state index contributed by atoms with van der Waals surface area (Å²) in [5.41, 5.74) is 0.622. The normalized spacial score (nSPS) is 16.5. The Morgan fingerprint density at radius 3 is 2.53 bits per heavy atom. The van der Waals surface area contributed by atoms with E-state index in [9.17, 15) is 14.7 Å². The molecule has 1 atom stereocenters. The number of furan rings is 1. The van der Waals surface area contributed by atoms with Crippen molar-refractivity contribution < 1.29 is 28.6 Å². The predicted molar refractivity (Wildman–Crippen MR) is 110 cm³/mol. The lowest BCUT2D eigenvalue weighted by molar-refractivity contribution is -0.129. The molecule has 30 heavy (non-hydrogen) atoms. The van der Waals surface area contributed by atoms with E-state index in [1.807, 2.05) is 19.0 Å². The molecule has 160 valence electrons. The minimum absolute atomic E-state index is 0.00739. The number of carbonyl (C=O) groups is 2. The first-order valence-electron chi connectivity index (χ1n) is 9.58. The Hall–Kier alpha value is -3.26. The molecule has 3 rings (SSSR count). The Kier molecular flexibility index (Phi) is 6.47. The van der Waals surface area contributed by atoms with Gasteiger partial charge in [-0.05, 0) is 56.9 Å². The van der Waals surface area contributed by atoms with Crippen LogP contribution in [0.2, 0.25) is 0 Å². The van der Waals surface area contributed by atoms with Gasteiger partial charge < -0.3 is 28.8 Å². The van der Waals surface area contributed by atoms with Crippen molar-refractivity contribution in [2.45, 2.75) is 12.5 Å². The highest BCUT2D eigenvalue weighted by Crippen LogP contribution is 2.41. The maximum absolute atomic E-state index is 13.1. The van der Waals surface area contributed by atoms with E-state index in [-0.39, 0.29) is 11.3 Å². The number of hydrogen-bond donors (Lipinski definition) is 1. The van der Waals surface area contributed by atoms with Gasteiger partial charge in [-0.3, -0.25) is 9.59 Å². The van der Waals surface area contributed by atoms with Crippen molar-refractivity contribution >= 4 is 11.7 Å². The van der Waals surface area contributed by atoms with Crippen LogP contribution in [0.5, 0.6) is 11.5 Å². The molecule has 0 aliphatic carbocycles. The highest BCUT2D eigenvalue weighted by Gasteiger charge is 2.44. The van der Waals surface area contributed by atoms with Crippen LogP contribution < -0.4 is 9.47 Å². The fraction of sp³-hybridized carbons (Fsp3) is 0.364. The van der Waals surface area contributed by atoms with Crippen LogP contribution >= 0.6 is 0 Å². The van der Waals surface area contributed by atoms with Crippen LogP contribution in [-0.4, -0.2) is 68.0 Å². The Morgan fingerprint density at radius 2 is 1.93 bits per heavy atom. The van der Waals surface area contributed by atoms with Gasteiger partial charge in [0.2, 0.25) is 5.78 Å². The summed E-state index contributed by atoms with van der Waals surface area (Å²) in [6, 6.07) is 7.50. The average Bonchev–Trinajstić information content (AvgIpc) is 3.35. The smallest absolute Gasteiger partial charge is 0.290 e. The Morgan fingerprint density at radius 1 is 1.20 bits per heavy atom. The van der Waals surface area contributed by atoms with Crippen molar-refractivity contribution in [2.75, 3.05) is 41.4 Å². The lowest BCUT2D eigenvalue weighted by atomic mass is 9.94. The summed E-state index contributed by atoms with van der Waals surface area (Å²) in [6.07, 6.45) is 2.06. The van der Waals surface area contributed by atoms with E-state index in [1.54, 1.807) is 24.3 Å². The van der Waals surface area contributed by atoms with E-state index in [1.165, 1.54) is 31.4 Å². The molecule has 1 aromatic carbocycles. The first-order valence-corrected chi connectivity index (χ1v) is 9.58. The number of ether oxygens (including phenoxy) is 2. The summed E-state index contributed by atoms with van der Waals surface area (Å²) in [5, 5.41) is 10.6. The molecule has 0 bridgehead atoms. The SMILES string of the molecule is COc1ccc(C2C(C(=O)c3ccco3)=C(O)C(=O)N2CCCN(C)C)cc1OC. The summed E-state index contributed by atoms with van der Waals surface area (Å²) in [4.78, 5) is 29.5. The number of benzene rings is 1. The van der Waals surface area contributed by atoms with Crippen LogP contribution in [0.1, 0.15) is 28.6 Å². The van der Waals surface area contributed by atoms with Gasteiger partial charge in [0.1, 0.15) is 0 Å². The van der Waals surface area contributed by atoms with Crippen molar-refractivity contribution in [1.29, 1.82) is 0 Å². The van der Waals surface area contributed by atoms with Crippen LogP contribution in [0, 0.1) is 0 Å². The van der Waals surface area contributed by atoms with Crippen LogP contribution in [0.15, 0.2) is 52.3 Å². The number of aliphatic hydroxyl groups is 1. The predicted octanol–water partition coefficient (Wildman–Crippen LogP) is 2.83. The fourth-order valence-corrected chi connectivity index (χ4v) is 3.58. The monoisotopic (exact) mass is 414 g/mol. The van der Waals surface area contributed by atoms with Crippen molar-refractivity contribution in [2.24, 2.45) is 0 Å². The lowest BCUT2D eigenvalue weighted by Crippen LogP contribution is -2.33. The summed E-state index contributed by atoms with van der Waals surface area (Å²) < 4.78 is 15.9. The van der Waals surface area contributed by atoms with Gasteiger partial charge in [-0.15, -0.1) is 0 Å². The van der Waals surface area contributed by atoms with E-state index >= 15 is 0 Å². The number of Topliss-reactive ketones (excluding diaryl/α,β-unsaturated/α-hetero) is 1. The molecule has 0 saturated heterocycles. The van der Waals surface area contributed by atoms with Crippen LogP contribution in [-0.2, 0) is 4.79 Å². The molecule has 2 heterocycles. The molecule has 1 amide bonds. The highest BCUT2D eigenvalue weighted by molar-refractivity contribution is 6.15. The van der Waals surface area contributed by atoms with E-state index in [4.69, 9.17) is 13.9 Å². The molecule has 1 aliphatic heterocycles. The number of hydrogen-bond acceptors (Lipinski definition) is 7. The second-order valence-corrected chi connectivity index (χ2v) is 7.24. The number of carbonyl (C=O) groups excluding carboxylic acids is 2. The molecule has 8 nitrogen and oxygen atoms in total. The van der Waals surface area contributed by atoms with Gasteiger partial charge in [-0.2, -0.15) is 0 Å². The van der Waals surface area contributed by atoms with Crippen LogP contribution in [0.3, 0.4) is 0 Å². The Labute approximate surface area is 175 Å². The van der Waals surface area contributed by atoms with E-state index in [0.29, 0.717) is 30.0 Å². The Bertz CT molecular complexity index is 949. The standard InChI is InChI=1S/C22H26N2O6/c1-23(2)10-6-11-24-19(14-8-9-15(28-3)17(13-14)29-4)18(21(26)22(24)27)20(25)16-7-5-12-30-16/h5,7-9,12-13,19,26H,6,10-11H2,1-4H3. The highest BCUT2D eigenvalue weighted by atomic mass is 16.5. The van der Waals surface area contributed by atoms with Gasteiger partial charge in [0.05, 0.1) is 32.1 Å². The molecule has 1 unspecified atom stereocenters. The molecular formula is C22H26N2O6. The molecule has 0 fully saturated rings. The maximum Gasteiger partial charge on any atom is 0.290 e. The first kappa shape index (κ1) is 21.4. The zero-order valence-corrected chi connectivity index (χ0v) is 17.5. The van der Waals surface area contributed by atoms with Gasteiger partial charge >= 0.3 is 0 Å². The quantitative estimate of drug-likeness (QED) is 0.631. The third kappa shape index (κ3) is 4.04. The van der Waals surface area contributed by atoms with E-state index in [2.05, 4.69) is 0 Å². The van der Waals surface area contributed by atoms with E-state index < -0.39 is 23.5 Å². The van der Waals surface area contributed by atoms with Crippen molar-refractivity contribution in [3.8, 4) is 11.5 Å². The zero-order chi connectivity index (χ0) is 21.8. The van der Waals surface area contributed by atoms with Crippen LogP contribution in [0.4, 0.5) is 0 Å². The molecule has 2 aromatic rings. The third-order valence-electron chi connectivity index (χ3n) is 5.02. The molecular weight excluding hydrogens is 388 g/mol. The number of nitrogens with zero attached hydrogens (tertiary/aromatic N) is 2. The maximum atomic E-state index is 13.1. The molecule has 1 aliphatic rings. The number of amides is 1. The topological polar surface area (TPSA) is 92.5 Å². The number of rotatable bonds is 9. The third-order valence-corrected chi connectivity index (χ3v) is 5.02. The van der Waals surface area contributed by atoms with Crippen molar-refractivity contribution in [1.82, 2.24) is 9.80 Å². The lowest BCUT2D eigenvalue weighted by Gasteiger charge is -2.27. The molecule has 0 radical (unpaired) electrons. The summed E-state index contributed by atoms with van der Waals surface area (Å²) >= 11 is 0. The van der Waals surface area contributed by atoms with Crippen LogP contribution in [0.25, 0.3) is 0 Å². The molecule has 1 aromatic heterocycles. The van der Waals surface area contributed by atoms with Gasteiger partial charge in [0, 0.05) is 6.54 Å². The van der Waals surface area contributed by atoms with Crippen molar-refractivity contribution in [3.05, 3.63) is 59.3 Å². The molecule has 8 heteroatoms. The second-order valence-electron chi connectivity index (χ2n) is 7.24. The molecule has 1 N–H and O–H groups in total. The van der Waals surface area contributed by atoms with Gasteiger partial charge in [-0.1, -0.05) is 6.07 Å². The van der Waals surface area contributed by atoms with Gasteiger partial charge in [0.25, 0.3) is 5.91 Å². The minimum atomic E-state index is -0.767. The zero-order valence-electron chi connectivity index (χ0n) is 17.5. The summed E-state index contributed by atoms with van der Waals surface area (Å²) in [6.45, 7) is 1.12. The van der Waals surface area contributed by atoms with Gasteiger partial charge in [-0.25, -0.2) is 0 Å². The van der Waals surface area contributed by atoms with E-state index in [0.717, 1.165) is 6.54 Å². The largest absolute Gasteiger partial charge is 0.503 e. The summed E-state index contributed by atoms with van der Waals surface area (Å²) in [5.74, 6) is -0.612.